The summed E-state index contributed by atoms with van der Waals surface area (Å²) in [7, 11) is 0. The topological polar surface area (TPSA) is 75.5 Å². The smallest absolute Gasteiger partial charge is 0.270 e. The second-order valence-corrected chi connectivity index (χ2v) is 8.32. The summed E-state index contributed by atoms with van der Waals surface area (Å²) in [5, 5.41) is 3.37. The number of rotatable bonds is 4. The third-order valence-electron chi connectivity index (χ3n) is 4.89. The highest BCUT2D eigenvalue weighted by atomic mass is 32.2. The van der Waals surface area contributed by atoms with E-state index in [0.29, 0.717) is 15.6 Å². The van der Waals surface area contributed by atoms with Crippen molar-refractivity contribution in [1.82, 2.24) is 9.99 Å². The number of amidine groups is 1. The average molecular weight is 431 g/mol. The van der Waals surface area contributed by atoms with Gasteiger partial charge in [0.1, 0.15) is 0 Å². The fourth-order valence-electron chi connectivity index (χ4n) is 3.30. The average Bonchev–Trinajstić information content (AvgIpc) is 3.22. The lowest BCUT2D eigenvalue weighted by molar-refractivity contribution is -0.115. The molecule has 0 spiro atoms. The number of nitrogens with one attached hydrogen (secondary N) is 2. The predicted molar refractivity (Wildman–Crippen MR) is 126 cm³/mol. The van der Waals surface area contributed by atoms with E-state index in [0.717, 1.165) is 28.2 Å². The Morgan fingerprint density at radius 2 is 1.84 bits per heavy atom. The molecule has 0 unspecified atom stereocenters. The van der Waals surface area contributed by atoms with Crippen LogP contribution in [0.2, 0.25) is 0 Å². The number of benzene rings is 2. The van der Waals surface area contributed by atoms with Crippen LogP contribution >= 0.6 is 11.8 Å². The van der Waals surface area contributed by atoms with E-state index in [1.54, 1.807) is 16.8 Å². The zero-order valence-corrected chi connectivity index (χ0v) is 18.3. The van der Waals surface area contributed by atoms with Crippen LogP contribution in [0.3, 0.4) is 0 Å². The summed E-state index contributed by atoms with van der Waals surface area (Å²) in [5.74, 6) is -0.378. The van der Waals surface area contributed by atoms with Gasteiger partial charge in [0.25, 0.3) is 11.8 Å². The molecule has 2 N–H and O–H groups in total. The lowest BCUT2D eigenvalue weighted by Gasteiger charge is -2.11. The predicted octanol–water partition coefficient (Wildman–Crippen LogP) is 4.69. The molecule has 1 aliphatic heterocycles. The first-order chi connectivity index (χ1) is 14.9. The molecule has 0 bridgehead atoms. The molecule has 0 radical (unpaired) electrons. The highest BCUT2D eigenvalue weighted by Crippen LogP contribution is 2.29. The number of aromatic nitrogens is 1. The van der Waals surface area contributed by atoms with Gasteiger partial charge in [0.2, 0.25) is 0 Å². The Balaban J connectivity index is 1.56. The fourth-order valence-corrected chi connectivity index (χ4v) is 4.13. The van der Waals surface area contributed by atoms with Gasteiger partial charge in [0, 0.05) is 17.0 Å². The Morgan fingerprint density at radius 3 is 2.58 bits per heavy atom. The molecule has 0 saturated carbocycles. The SMILES string of the molecule is Cc1cccc(N=C2NC(=O)/C(=C/c3cc(C)n(NC(=O)c4ccccc4)c3C)S2)c1. The van der Waals surface area contributed by atoms with Crippen LogP contribution in [-0.4, -0.2) is 21.7 Å². The number of hydrogen-bond acceptors (Lipinski definition) is 4. The summed E-state index contributed by atoms with van der Waals surface area (Å²) in [6, 6.07) is 18.8. The maximum Gasteiger partial charge on any atom is 0.270 e. The van der Waals surface area contributed by atoms with Crippen LogP contribution in [0.5, 0.6) is 0 Å². The Hall–Kier alpha value is -3.58. The van der Waals surface area contributed by atoms with E-state index in [1.807, 2.05) is 75.4 Å². The molecule has 1 saturated heterocycles. The number of nitrogens with zero attached hydrogens (tertiary/aromatic N) is 2. The van der Waals surface area contributed by atoms with E-state index < -0.39 is 0 Å². The standard InChI is InChI=1S/C24H22N4O2S/c1-15-8-7-11-20(12-15)25-24-26-23(30)21(31-24)14-19-13-16(2)28(17(19)3)27-22(29)18-9-5-4-6-10-18/h4-14H,1-3H3,(H,27,29)(H,25,26,30)/b21-14-. The Morgan fingerprint density at radius 1 is 1.06 bits per heavy atom. The van der Waals surface area contributed by atoms with Crippen molar-refractivity contribution >= 4 is 40.5 Å². The largest absolute Gasteiger partial charge is 0.300 e. The van der Waals surface area contributed by atoms with Gasteiger partial charge in [-0.05, 0) is 80.1 Å². The molecular weight excluding hydrogens is 408 g/mol. The summed E-state index contributed by atoms with van der Waals surface area (Å²) in [6.45, 7) is 5.82. The molecule has 156 valence electrons. The molecule has 0 atom stereocenters. The molecule has 2 aromatic carbocycles. The number of aryl methyl sites for hydroxylation is 2. The Kier molecular flexibility index (Phi) is 5.77. The van der Waals surface area contributed by atoms with Crippen LogP contribution in [0.1, 0.15) is 32.9 Å². The van der Waals surface area contributed by atoms with Crippen LogP contribution in [0, 0.1) is 20.8 Å². The molecule has 7 heteroatoms. The van der Waals surface area contributed by atoms with E-state index >= 15 is 0 Å². The summed E-state index contributed by atoms with van der Waals surface area (Å²) < 4.78 is 1.74. The van der Waals surface area contributed by atoms with Crippen molar-refractivity contribution in [3.05, 3.63) is 93.6 Å². The van der Waals surface area contributed by atoms with Crippen LogP contribution in [-0.2, 0) is 4.79 Å². The van der Waals surface area contributed by atoms with Crippen molar-refractivity contribution in [2.45, 2.75) is 20.8 Å². The van der Waals surface area contributed by atoms with Gasteiger partial charge in [-0.1, -0.05) is 30.3 Å². The third-order valence-corrected chi connectivity index (χ3v) is 5.80. The number of carbonyl (C=O) groups excluding carboxylic acids is 2. The van der Waals surface area contributed by atoms with Crippen molar-refractivity contribution in [3.8, 4) is 0 Å². The number of carbonyl (C=O) groups is 2. The number of aliphatic imine (C=N–C) groups is 1. The zero-order valence-electron chi connectivity index (χ0n) is 17.5. The first kappa shape index (κ1) is 20.7. The summed E-state index contributed by atoms with van der Waals surface area (Å²) in [4.78, 5) is 30.1. The minimum atomic E-state index is -0.192. The first-order valence-electron chi connectivity index (χ1n) is 9.82. The molecule has 2 amide bonds. The fraction of sp³-hybridized carbons (Fsp3) is 0.125. The molecule has 0 aliphatic carbocycles. The number of hydrogen-bond donors (Lipinski definition) is 2. The molecule has 1 aromatic heterocycles. The lowest BCUT2D eigenvalue weighted by Crippen LogP contribution is -2.24. The highest BCUT2D eigenvalue weighted by molar-refractivity contribution is 8.18. The summed E-state index contributed by atoms with van der Waals surface area (Å²) in [6.07, 6.45) is 1.83. The molecule has 1 fully saturated rings. The van der Waals surface area contributed by atoms with Gasteiger partial charge in [-0.15, -0.1) is 0 Å². The van der Waals surface area contributed by atoms with Crippen molar-refractivity contribution in [1.29, 1.82) is 0 Å². The molecule has 31 heavy (non-hydrogen) atoms. The van der Waals surface area contributed by atoms with Crippen LogP contribution in [0.15, 0.2) is 70.6 Å². The monoisotopic (exact) mass is 430 g/mol. The minimum Gasteiger partial charge on any atom is -0.300 e. The molecule has 1 aliphatic rings. The summed E-state index contributed by atoms with van der Waals surface area (Å²) in [5.41, 5.74) is 7.97. The van der Waals surface area contributed by atoms with Crippen molar-refractivity contribution in [3.63, 3.8) is 0 Å². The molecule has 4 rings (SSSR count). The normalized spacial score (nSPS) is 16.0. The van der Waals surface area contributed by atoms with Gasteiger partial charge < -0.3 is 5.32 Å². The second-order valence-electron chi connectivity index (χ2n) is 7.29. The van der Waals surface area contributed by atoms with Gasteiger partial charge in [0.05, 0.1) is 10.6 Å². The van der Waals surface area contributed by atoms with E-state index in [-0.39, 0.29) is 11.8 Å². The van der Waals surface area contributed by atoms with Crippen molar-refractivity contribution in [2.24, 2.45) is 4.99 Å². The van der Waals surface area contributed by atoms with Crippen LogP contribution < -0.4 is 10.7 Å². The molecule has 3 aromatic rings. The van der Waals surface area contributed by atoms with E-state index in [4.69, 9.17) is 0 Å². The third kappa shape index (κ3) is 4.62. The van der Waals surface area contributed by atoms with Crippen molar-refractivity contribution < 1.29 is 9.59 Å². The lowest BCUT2D eigenvalue weighted by atomic mass is 10.2. The Bertz CT molecular complexity index is 1230. The van der Waals surface area contributed by atoms with Gasteiger partial charge in [0.15, 0.2) is 5.17 Å². The maximum absolute atomic E-state index is 12.5. The van der Waals surface area contributed by atoms with Crippen LogP contribution in [0.4, 0.5) is 5.69 Å². The second kappa shape index (κ2) is 8.65. The molecule has 2 heterocycles. The van der Waals surface area contributed by atoms with Crippen LogP contribution in [0.25, 0.3) is 6.08 Å². The first-order valence-corrected chi connectivity index (χ1v) is 10.6. The maximum atomic E-state index is 12.5. The molecule has 6 nitrogen and oxygen atoms in total. The number of amides is 2. The van der Waals surface area contributed by atoms with Gasteiger partial charge in [-0.3, -0.25) is 19.7 Å². The van der Waals surface area contributed by atoms with Gasteiger partial charge in [-0.2, -0.15) is 0 Å². The van der Waals surface area contributed by atoms with Gasteiger partial charge >= 0.3 is 0 Å². The van der Waals surface area contributed by atoms with E-state index in [2.05, 4.69) is 15.7 Å². The Labute approximate surface area is 185 Å². The van der Waals surface area contributed by atoms with E-state index in [1.165, 1.54) is 11.8 Å². The molecular formula is C24H22N4O2S. The minimum absolute atomic E-state index is 0.186. The highest BCUT2D eigenvalue weighted by Gasteiger charge is 2.24. The zero-order chi connectivity index (χ0) is 22.0. The van der Waals surface area contributed by atoms with E-state index in [9.17, 15) is 9.59 Å². The number of thioether (sulfide) groups is 1. The quantitative estimate of drug-likeness (QED) is 0.590. The summed E-state index contributed by atoms with van der Waals surface area (Å²) >= 11 is 1.30. The van der Waals surface area contributed by atoms with Gasteiger partial charge in [-0.25, -0.2) is 4.99 Å². The van der Waals surface area contributed by atoms with Crippen molar-refractivity contribution in [2.75, 3.05) is 5.43 Å².